The highest BCUT2D eigenvalue weighted by atomic mass is 35.5. The molecule has 3 heterocycles. The molecule has 0 aliphatic carbocycles. The van der Waals surface area contributed by atoms with Crippen molar-refractivity contribution in [1.82, 2.24) is 20.2 Å². The van der Waals surface area contributed by atoms with E-state index in [-0.39, 0.29) is 23.9 Å². The Morgan fingerprint density at radius 3 is 3.14 bits per heavy atom. The first kappa shape index (κ1) is 15.1. The maximum atomic E-state index is 12.1. The highest BCUT2D eigenvalue weighted by Crippen LogP contribution is 2.31. The molecule has 2 fully saturated rings. The van der Waals surface area contributed by atoms with Gasteiger partial charge in [-0.05, 0) is 6.42 Å². The number of hydrogen-bond acceptors (Lipinski definition) is 6. The van der Waals surface area contributed by atoms with Crippen molar-refractivity contribution in [2.24, 2.45) is 0 Å². The minimum Gasteiger partial charge on any atom is -0.383 e. The Bertz CT molecular complexity index is 571. The largest absolute Gasteiger partial charge is 0.383 e. The normalized spacial score (nSPS) is 24.4. The molecule has 1 aromatic heterocycles. The van der Waals surface area contributed by atoms with Gasteiger partial charge in [-0.1, -0.05) is 11.6 Å². The second-order valence-corrected chi connectivity index (χ2v) is 5.82. The van der Waals surface area contributed by atoms with Crippen molar-refractivity contribution in [3.05, 3.63) is 11.3 Å². The first-order chi connectivity index (χ1) is 10.6. The van der Waals surface area contributed by atoms with Crippen LogP contribution < -0.4 is 16.0 Å². The van der Waals surface area contributed by atoms with Crippen LogP contribution in [0, 0.1) is 0 Å². The molecule has 2 aliphatic rings. The van der Waals surface area contributed by atoms with E-state index in [0.29, 0.717) is 30.5 Å². The van der Waals surface area contributed by atoms with Crippen LogP contribution in [-0.4, -0.2) is 66.3 Å². The Balaban J connectivity index is 1.73. The fraction of sp³-hybridized carbons (Fsp3) is 0.615. The van der Waals surface area contributed by atoms with E-state index in [1.54, 1.807) is 7.11 Å². The van der Waals surface area contributed by atoms with E-state index in [0.717, 1.165) is 13.0 Å². The number of urea groups is 1. The summed E-state index contributed by atoms with van der Waals surface area (Å²) < 4.78 is 5.07. The first-order valence-corrected chi connectivity index (χ1v) is 7.56. The van der Waals surface area contributed by atoms with E-state index in [1.165, 1.54) is 6.33 Å². The second kappa shape index (κ2) is 6.13. The molecule has 8 nitrogen and oxygen atoms in total. The van der Waals surface area contributed by atoms with Crippen molar-refractivity contribution >= 4 is 29.3 Å². The van der Waals surface area contributed by atoms with Crippen molar-refractivity contribution in [1.29, 1.82) is 0 Å². The summed E-state index contributed by atoms with van der Waals surface area (Å²) in [5.74, 6) is 0.892. The lowest BCUT2D eigenvalue weighted by Crippen LogP contribution is -2.52. The van der Waals surface area contributed by atoms with Gasteiger partial charge in [-0.2, -0.15) is 0 Å². The molecule has 2 aliphatic heterocycles. The zero-order valence-electron chi connectivity index (χ0n) is 12.3. The molecule has 3 rings (SSSR count). The summed E-state index contributed by atoms with van der Waals surface area (Å²) in [4.78, 5) is 24.1. The van der Waals surface area contributed by atoms with E-state index >= 15 is 0 Å². The van der Waals surface area contributed by atoms with Gasteiger partial charge < -0.3 is 25.6 Å². The third-order valence-electron chi connectivity index (χ3n) is 4.18. The zero-order valence-corrected chi connectivity index (χ0v) is 13.1. The number of nitrogen functional groups attached to an aromatic ring is 1. The highest BCUT2D eigenvalue weighted by molar-refractivity contribution is 6.35. The lowest BCUT2D eigenvalue weighted by molar-refractivity contribution is 0.140. The predicted octanol–water partition coefficient (Wildman–Crippen LogP) is 0.331. The lowest BCUT2D eigenvalue weighted by Gasteiger charge is -2.37. The lowest BCUT2D eigenvalue weighted by atomic mass is 10.00. The molecule has 0 spiro atoms. The van der Waals surface area contributed by atoms with Gasteiger partial charge in [0.15, 0.2) is 5.82 Å². The zero-order chi connectivity index (χ0) is 15.7. The number of aromatic nitrogens is 2. The van der Waals surface area contributed by atoms with Crippen LogP contribution in [0.25, 0.3) is 0 Å². The van der Waals surface area contributed by atoms with Crippen LogP contribution >= 0.6 is 11.6 Å². The molecule has 2 saturated heterocycles. The molecule has 9 heteroatoms. The van der Waals surface area contributed by atoms with Crippen molar-refractivity contribution in [3.8, 4) is 0 Å². The monoisotopic (exact) mass is 326 g/mol. The SMILES string of the molecule is COCCN1C(=O)N[C@@H]2CN(c3ncnc(N)c3Cl)CC[C@@H]21. The molecule has 2 atom stereocenters. The van der Waals surface area contributed by atoms with Gasteiger partial charge >= 0.3 is 6.03 Å². The molecule has 0 saturated carbocycles. The number of fused-ring (bicyclic) bond motifs is 1. The average Bonchev–Trinajstić information content (AvgIpc) is 2.82. The van der Waals surface area contributed by atoms with Crippen LogP contribution in [0.1, 0.15) is 6.42 Å². The van der Waals surface area contributed by atoms with Gasteiger partial charge in [0, 0.05) is 26.7 Å². The fourth-order valence-electron chi connectivity index (χ4n) is 3.09. The summed E-state index contributed by atoms with van der Waals surface area (Å²) >= 11 is 6.19. The summed E-state index contributed by atoms with van der Waals surface area (Å²) in [6.07, 6.45) is 2.24. The maximum Gasteiger partial charge on any atom is 0.318 e. The molecule has 22 heavy (non-hydrogen) atoms. The molecule has 0 aromatic carbocycles. The van der Waals surface area contributed by atoms with Crippen LogP contribution in [-0.2, 0) is 4.74 Å². The first-order valence-electron chi connectivity index (χ1n) is 7.18. The molecule has 0 unspecified atom stereocenters. The summed E-state index contributed by atoms with van der Waals surface area (Å²) in [6.45, 7) is 2.55. The Hall–Kier alpha value is -1.80. The Labute approximate surface area is 133 Å². The third-order valence-corrected chi connectivity index (χ3v) is 4.54. The van der Waals surface area contributed by atoms with Gasteiger partial charge in [-0.3, -0.25) is 0 Å². The number of nitrogens with zero attached hydrogens (tertiary/aromatic N) is 4. The van der Waals surface area contributed by atoms with Crippen LogP contribution in [0.4, 0.5) is 16.4 Å². The summed E-state index contributed by atoms with van der Waals surface area (Å²) in [5.41, 5.74) is 5.73. The highest BCUT2D eigenvalue weighted by Gasteiger charge is 2.42. The van der Waals surface area contributed by atoms with E-state index in [2.05, 4.69) is 15.3 Å². The number of piperidine rings is 1. The van der Waals surface area contributed by atoms with E-state index in [9.17, 15) is 4.79 Å². The van der Waals surface area contributed by atoms with Crippen LogP contribution in [0.2, 0.25) is 5.02 Å². The van der Waals surface area contributed by atoms with Gasteiger partial charge in [0.2, 0.25) is 0 Å². The molecular weight excluding hydrogens is 308 g/mol. The molecule has 0 radical (unpaired) electrons. The summed E-state index contributed by atoms with van der Waals surface area (Å²) in [5, 5.41) is 3.38. The Morgan fingerprint density at radius 2 is 2.36 bits per heavy atom. The van der Waals surface area contributed by atoms with Crippen molar-refractivity contribution in [2.75, 3.05) is 44.0 Å². The van der Waals surface area contributed by atoms with Gasteiger partial charge in [-0.25, -0.2) is 14.8 Å². The Kier molecular flexibility index (Phi) is 4.21. The number of amides is 2. The van der Waals surface area contributed by atoms with E-state index < -0.39 is 0 Å². The molecule has 1 aromatic rings. The van der Waals surface area contributed by atoms with E-state index in [1.807, 2.05) is 9.80 Å². The molecular formula is C13H19ClN6O2. The summed E-state index contributed by atoms with van der Waals surface area (Å²) in [7, 11) is 1.63. The average molecular weight is 327 g/mol. The molecule has 3 N–H and O–H groups in total. The van der Waals surface area contributed by atoms with Crippen LogP contribution in [0.5, 0.6) is 0 Å². The number of methoxy groups -OCH3 is 1. The number of carbonyl (C=O) groups is 1. The van der Waals surface area contributed by atoms with Crippen LogP contribution in [0.3, 0.4) is 0 Å². The topological polar surface area (TPSA) is 96.6 Å². The molecule has 0 bridgehead atoms. The maximum absolute atomic E-state index is 12.1. The summed E-state index contributed by atoms with van der Waals surface area (Å²) in [6, 6.07) is 0.185. The number of carbonyl (C=O) groups excluding carboxylic acids is 1. The number of halogens is 1. The minimum atomic E-state index is -0.0396. The number of ether oxygens (including phenoxy) is 1. The van der Waals surface area contributed by atoms with Gasteiger partial charge in [0.05, 0.1) is 18.7 Å². The third kappa shape index (κ3) is 2.64. The van der Waals surface area contributed by atoms with Gasteiger partial charge in [-0.15, -0.1) is 0 Å². The Morgan fingerprint density at radius 1 is 1.55 bits per heavy atom. The minimum absolute atomic E-state index is 0.0396. The number of anilines is 2. The van der Waals surface area contributed by atoms with Crippen molar-refractivity contribution in [3.63, 3.8) is 0 Å². The smallest absolute Gasteiger partial charge is 0.318 e. The number of rotatable bonds is 4. The predicted molar refractivity (Wildman–Crippen MR) is 83.0 cm³/mol. The number of nitrogens with two attached hydrogens (primary N) is 1. The second-order valence-electron chi connectivity index (χ2n) is 5.44. The number of nitrogens with one attached hydrogen (secondary N) is 1. The number of hydrogen-bond donors (Lipinski definition) is 2. The van der Waals surface area contributed by atoms with Crippen molar-refractivity contribution < 1.29 is 9.53 Å². The van der Waals surface area contributed by atoms with E-state index in [4.69, 9.17) is 22.1 Å². The van der Waals surface area contributed by atoms with Crippen molar-refractivity contribution in [2.45, 2.75) is 18.5 Å². The van der Waals surface area contributed by atoms with Gasteiger partial charge in [0.1, 0.15) is 17.2 Å². The standard InChI is InChI=1S/C13H19ClN6O2/c1-22-5-4-20-9-2-3-19(6-8(9)18-13(20)21)12-10(14)11(15)16-7-17-12/h7-9H,2-6H2,1H3,(H,18,21)(H2,15,16,17)/t8-,9+/m1/s1. The fourth-order valence-corrected chi connectivity index (χ4v) is 3.31. The quantitative estimate of drug-likeness (QED) is 0.827. The van der Waals surface area contributed by atoms with Gasteiger partial charge in [0.25, 0.3) is 0 Å². The molecule has 120 valence electrons. The van der Waals surface area contributed by atoms with Crippen LogP contribution in [0.15, 0.2) is 6.33 Å². The molecule has 2 amide bonds.